The van der Waals surface area contributed by atoms with Gasteiger partial charge in [-0.3, -0.25) is 14.5 Å². The van der Waals surface area contributed by atoms with Crippen LogP contribution in [0.4, 0.5) is 0 Å². The van der Waals surface area contributed by atoms with Crippen LogP contribution in [-0.4, -0.2) is 53.1 Å². The number of carbonyl (C=O) groups is 2. The summed E-state index contributed by atoms with van der Waals surface area (Å²) in [7, 11) is -3.08. The topological polar surface area (TPSA) is 83.9 Å². The molecule has 2 heterocycles. The maximum absolute atomic E-state index is 11.5. The minimum Gasteiger partial charge on any atom is -0.286 e. The van der Waals surface area contributed by atoms with Crippen molar-refractivity contribution in [3.63, 3.8) is 0 Å². The average molecular weight is 276 g/mol. The first-order valence-electron chi connectivity index (χ1n) is 5.06. The summed E-state index contributed by atoms with van der Waals surface area (Å²) >= 11 is 1.20. The van der Waals surface area contributed by atoms with E-state index in [4.69, 9.17) is 0 Å². The van der Waals surface area contributed by atoms with Gasteiger partial charge in [-0.05, 0) is 0 Å². The summed E-state index contributed by atoms with van der Waals surface area (Å²) in [6.45, 7) is 2.65. The fraction of sp³-hybridized carbons (Fsp3) is 0.667. The third kappa shape index (κ3) is 2.37. The molecule has 0 aliphatic carbocycles. The monoisotopic (exact) mass is 276 g/mol. The van der Waals surface area contributed by atoms with Crippen molar-refractivity contribution in [2.75, 3.05) is 11.5 Å². The van der Waals surface area contributed by atoms with Gasteiger partial charge < -0.3 is 0 Å². The van der Waals surface area contributed by atoms with E-state index in [9.17, 15) is 18.0 Å². The molecule has 0 aromatic rings. The zero-order chi connectivity index (χ0) is 12.8. The van der Waals surface area contributed by atoms with Gasteiger partial charge in [-0.1, -0.05) is 11.8 Å². The van der Waals surface area contributed by atoms with Gasteiger partial charge in [0.15, 0.2) is 15.0 Å². The Morgan fingerprint density at radius 2 is 2.00 bits per heavy atom. The Hall–Kier alpha value is -0.890. The fourth-order valence-electron chi connectivity index (χ4n) is 2.07. The smallest absolute Gasteiger partial charge is 0.244 e. The molecular formula is C9H12N2O4S2. The van der Waals surface area contributed by atoms with Gasteiger partial charge in [-0.2, -0.15) is 4.99 Å². The van der Waals surface area contributed by atoms with Crippen LogP contribution in [0.2, 0.25) is 0 Å². The average Bonchev–Trinajstić information content (AvgIpc) is 2.53. The number of aliphatic imine (C=N–C) groups is 1. The number of sulfone groups is 1. The van der Waals surface area contributed by atoms with Crippen LogP contribution in [0, 0.1) is 0 Å². The second-order valence-electron chi connectivity index (χ2n) is 4.10. The van der Waals surface area contributed by atoms with E-state index in [1.807, 2.05) is 0 Å². The van der Waals surface area contributed by atoms with Gasteiger partial charge in [0.1, 0.15) is 0 Å². The predicted molar refractivity (Wildman–Crippen MR) is 64.5 cm³/mol. The second kappa shape index (κ2) is 4.09. The normalized spacial score (nSPS) is 32.8. The molecule has 0 unspecified atom stereocenters. The number of amidine groups is 1. The Kier molecular flexibility index (Phi) is 3.03. The predicted octanol–water partition coefficient (Wildman–Crippen LogP) is -0.350. The lowest BCUT2D eigenvalue weighted by molar-refractivity contribution is -0.125. The number of fused-ring (bicyclic) bond motifs is 1. The van der Waals surface area contributed by atoms with Crippen LogP contribution in [0.5, 0.6) is 0 Å². The van der Waals surface area contributed by atoms with Gasteiger partial charge in [-0.15, -0.1) is 0 Å². The summed E-state index contributed by atoms with van der Waals surface area (Å²) in [6.07, 6.45) is 0. The van der Waals surface area contributed by atoms with E-state index in [-0.39, 0.29) is 34.6 Å². The minimum absolute atomic E-state index is 0.0405. The van der Waals surface area contributed by atoms with Gasteiger partial charge in [0.05, 0.1) is 17.5 Å². The van der Waals surface area contributed by atoms with Crippen molar-refractivity contribution in [2.24, 2.45) is 4.99 Å². The molecule has 2 saturated heterocycles. The van der Waals surface area contributed by atoms with E-state index in [2.05, 4.69) is 4.99 Å². The highest BCUT2D eigenvalue weighted by molar-refractivity contribution is 8.15. The summed E-state index contributed by atoms with van der Waals surface area (Å²) in [5.74, 6) is -0.659. The van der Waals surface area contributed by atoms with E-state index in [0.29, 0.717) is 5.17 Å². The van der Waals surface area contributed by atoms with Crippen LogP contribution < -0.4 is 0 Å². The Labute approximate surface area is 103 Å². The van der Waals surface area contributed by atoms with E-state index in [0.717, 1.165) is 0 Å². The Morgan fingerprint density at radius 1 is 1.35 bits per heavy atom. The fourth-order valence-corrected chi connectivity index (χ4v) is 6.05. The van der Waals surface area contributed by atoms with Crippen LogP contribution in [-0.2, 0) is 19.4 Å². The van der Waals surface area contributed by atoms with Crippen molar-refractivity contribution in [1.29, 1.82) is 0 Å². The van der Waals surface area contributed by atoms with Crippen molar-refractivity contribution in [3.8, 4) is 0 Å². The lowest BCUT2D eigenvalue weighted by atomic mass is 10.2. The molecule has 8 heteroatoms. The molecule has 0 radical (unpaired) electrons. The Bertz CT molecular complexity index is 511. The van der Waals surface area contributed by atoms with Crippen LogP contribution in [0.25, 0.3) is 0 Å². The molecular weight excluding hydrogens is 264 g/mol. The van der Waals surface area contributed by atoms with Gasteiger partial charge in [-0.25, -0.2) is 8.42 Å². The highest BCUT2D eigenvalue weighted by Gasteiger charge is 2.50. The van der Waals surface area contributed by atoms with Crippen LogP contribution in [0.15, 0.2) is 4.99 Å². The third-order valence-corrected chi connectivity index (χ3v) is 5.87. The molecule has 2 rings (SSSR count). The first-order chi connectivity index (χ1) is 7.80. The molecule has 94 valence electrons. The zero-order valence-electron chi connectivity index (χ0n) is 9.41. The van der Waals surface area contributed by atoms with Crippen molar-refractivity contribution in [2.45, 2.75) is 25.1 Å². The standard InChI is InChI=1S/C9H12N2O4S2/c1-5(12)10-9-11(6(2)13)7-3-17(14,15)4-8(7)16-9/h7-8H,3-4H2,1-2H3/t7-,8+/m1/s1. The number of rotatable bonds is 0. The molecule has 0 bridgehead atoms. The number of amides is 2. The lowest BCUT2D eigenvalue weighted by Gasteiger charge is -2.19. The Balaban J connectivity index is 2.34. The highest BCUT2D eigenvalue weighted by atomic mass is 32.2. The maximum Gasteiger partial charge on any atom is 0.244 e. The Morgan fingerprint density at radius 3 is 2.53 bits per heavy atom. The third-order valence-electron chi connectivity index (χ3n) is 2.66. The van der Waals surface area contributed by atoms with E-state index >= 15 is 0 Å². The molecule has 2 aliphatic heterocycles. The second-order valence-corrected chi connectivity index (χ2v) is 7.46. The quantitative estimate of drug-likeness (QED) is 0.604. The van der Waals surface area contributed by atoms with Crippen molar-refractivity contribution >= 4 is 38.6 Å². The van der Waals surface area contributed by atoms with Crippen molar-refractivity contribution in [3.05, 3.63) is 0 Å². The van der Waals surface area contributed by atoms with Crippen LogP contribution in [0.3, 0.4) is 0 Å². The molecule has 0 N–H and O–H groups in total. The highest BCUT2D eigenvalue weighted by Crippen LogP contribution is 2.38. The molecule has 0 saturated carbocycles. The van der Waals surface area contributed by atoms with Gasteiger partial charge >= 0.3 is 0 Å². The molecule has 6 nitrogen and oxygen atoms in total. The van der Waals surface area contributed by atoms with Crippen molar-refractivity contribution < 1.29 is 18.0 Å². The summed E-state index contributed by atoms with van der Waals surface area (Å²) < 4.78 is 23.0. The lowest BCUT2D eigenvalue weighted by Crippen LogP contribution is -2.40. The molecule has 2 fully saturated rings. The van der Waals surface area contributed by atoms with E-state index < -0.39 is 9.84 Å². The number of hydrogen-bond donors (Lipinski definition) is 0. The molecule has 2 atom stereocenters. The number of hydrogen-bond acceptors (Lipinski definition) is 5. The molecule has 0 aromatic heterocycles. The number of carbonyl (C=O) groups excluding carboxylic acids is 2. The van der Waals surface area contributed by atoms with E-state index in [1.54, 1.807) is 0 Å². The van der Waals surface area contributed by atoms with Crippen LogP contribution in [0.1, 0.15) is 13.8 Å². The summed E-state index contributed by atoms with van der Waals surface area (Å²) in [4.78, 5) is 27.6. The number of thioether (sulfide) groups is 1. The van der Waals surface area contributed by atoms with Gasteiger partial charge in [0, 0.05) is 19.1 Å². The first-order valence-corrected chi connectivity index (χ1v) is 7.76. The SMILES string of the molecule is CC(=O)N=C1S[C@H]2CS(=O)(=O)C[C@H]2N1C(C)=O. The maximum atomic E-state index is 11.5. The van der Waals surface area contributed by atoms with Gasteiger partial charge in [0.2, 0.25) is 11.8 Å². The van der Waals surface area contributed by atoms with Crippen LogP contribution >= 0.6 is 11.8 Å². The first kappa shape index (κ1) is 12.6. The molecule has 0 spiro atoms. The molecule has 17 heavy (non-hydrogen) atoms. The summed E-state index contributed by atoms with van der Waals surface area (Å²) in [5.41, 5.74) is 0. The van der Waals surface area contributed by atoms with E-state index in [1.165, 1.54) is 30.5 Å². The molecule has 2 amide bonds. The minimum atomic E-state index is -3.08. The summed E-state index contributed by atoms with van der Waals surface area (Å²) in [6, 6.07) is -0.374. The largest absolute Gasteiger partial charge is 0.286 e. The molecule has 0 aromatic carbocycles. The number of nitrogens with zero attached hydrogens (tertiary/aromatic N) is 2. The summed E-state index contributed by atoms with van der Waals surface area (Å²) in [5, 5.41) is 0.136. The zero-order valence-corrected chi connectivity index (χ0v) is 11.0. The molecule has 2 aliphatic rings. The van der Waals surface area contributed by atoms with Gasteiger partial charge in [0.25, 0.3) is 0 Å². The van der Waals surface area contributed by atoms with Crippen molar-refractivity contribution in [1.82, 2.24) is 4.90 Å².